The minimum absolute atomic E-state index is 0.0858. The fraction of sp³-hybridized carbons (Fsp3) is 0.423. The lowest BCUT2D eigenvalue weighted by atomic mass is 9.92. The maximum atomic E-state index is 13.2. The zero-order valence-electron chi connectivity index (χ0n) is 19.8. The van der Waals surface area contributed by atoms with E-state index in [0.29, 0.717) is 17.0 Å². The van der Waals surface area contributed by atoms with E-state index in [2.05, 4.69) is 19.2 Å². The fourth-order valence-electron chi connectivity index (χ4n) is 4.61. The third-order valence-electron chi connectivity index (χ3n) is 6.13. The molecule has 3 aromatic rings. The van der Waals surface area contributed by atoms with Gasteiger partial charge in [-0.15, -0.1) is 0 Å². The molecule has 6 nitrogen and oxygen atoms in total. The summed E-state index contributed by atoms with van der Waals surface area (Å²) < 4.78 is 1.96. The SMILES string of the molecule is Cc1ccc(C)c(NC(=O)CSc2nc3ccccc3n2CC(=O)N2C[C@@H](C)C[C@H](C)C2)c1. The number of rotatable bonds is 6. The van der Waals surface area contributed by atoms with Gasteiger partial charge in [-0.3, -0.25) is 9.59 Å². The summed E-state index contributed by atoms with van der Waals surface area (Å²) in [5.41, 5.74) is 4.72. The monoisotopic (exact) mass is 464 g/mol. The van der Waals surface area contributed by atoms with Gasteiger partial charge in [0.05, 0.1) is 16.8 Å². The van der Waals surface area contributed by atoms with Crippen LogP contribution in [0.1, 0.15) is 31.4 Å². The van der Waals surface area contributed by atoms with Gasteiger partial charge in [-0.25, -0.2) is 4.98 Å². The number of likely N-dealkylation sites (tertiary alicyclic amines) is 1. The number of imidazole rings is 1. The molecule has 2 heterocycles. The number of para-hydroxylation sites is 2. The van der Waals surface area contributed by atoms with Crippen molar-refractivity contribution in [1.82, 2.24) is 14.5 Å². The number of nitrogens with one attached hydrogen (secondary N) is 1. The quantitative estimate of drug-likeness (QED) is 0.528. The molecule has 0 unspecified atom stereocenters. The molecule has 4 rings (SSSR count). The van der Waals surface area contributed by atoms with E-state index in [1.54, 1.807) is 0 Å². The van der Waals surface area contributed by atoms with Gasteiger partial charge < -0.3 is 14.8 Å². The van der Waals surface area contributed by atoms with Crippen molar-refractivity contribution >= 4 is 40.3 Å². The van der Waals surface area contributed by atoms with Gasteiger partial charge in [0.15, 0.2) is 5.16 Å². The number of aromatic nitrogens is 2. The molecule has 1 saturated heterocycles. The predicted molar refractivity (Wildman–Crippen MR) is 135 cm³/mol. The molecule has 0 saturated carbocycles. The molecule has 1 aromatic heterocycles. The van der Waals surface area contributed by atoms with Crippen LogP contribution in [0, 0.1) is 25.7 Å². The molecular weight excluding hydrogens is 432 g/mol. The Bertz CT molecular complexity index is 1160. The number of fused-ring (bicyclic) bond motifs is 1. The normalized spacial score (nSPS) is 18.5. The molecule has 0 aliphatic carbocycles. The van der Waals surface area contributed by atoms with Gasteiger partial charge in [-0.2, -0.15) is 0 Å². The summed E-state index contributed by atoms with van der Waals surface area (Å²) in [5, 5.41) is 3.70. The van der Waals surface area contributed by atoms with Gasteiger partial charge in [0.25, 0.3) is 0 Å². The van der Waals surface area contributed by atoms with Crippen LogP contribution in [0.4, 0.5) is 5.69 Å². The first-order valence-electron chi connectivity index (χ1n) is 11.5. The lowest BCUT2D eigenvalue weighted by molar-refractivity contribution is -0.134. The maximum Gasteiger partial charge on any atom is 0.242 e. The number of piperidine rings is 1. The number of hydrogen-bond acceptors (Lipinski definition) is 4. The number of thioether (sulfide) groups is 1. The molecule has 1 fully saturated rings. The molecular formula is C26H32N4O2S. The van der Waals surface area contributed by atoms with Gasteiger partial charge in [0.2, 0.25) is 11.8 Å². The standard InChI is InChI=1S/C26H32N4O2S/c1-17-9-10-20(4)22(12-17)27-24(31)16-33-26-28-21-7-5-6-8-23(21)30(26)15-25(32)29-13-18(2)11-19(3)14-29/h5-10,12,18-19H,11,13-16H2,1-4H3,(H,27,31)/t18-,19-/m0/s1. The minimum Gasteiger partial charge on any atom is -0.341 e. The Labute approximate surface area is 199 Å². The van der Waals surface area contributed by atoms with Gasteiger partial charge >= 0.3 is 0 Å². The first kappa shape index (κ1) is 23.4. The van der Waals surface area contributed by atoms with Crippen LogP contribution in [-0.4, -0.2) is 45.1 Å². The average molecular weight is 465 g/mol. The van der Waals surface area contributed by atoms with Crippen LogP contribution in [0.15, 0.2) is 47.6 Å². The Balaban J connectivity index is 1.49. The molecule has 2 amide bonds. The summed E-state index contributed by atoms with van der Waals surface area (Å²) in [6, 6.07) is 13.8. The molecule has 0 radical (unpaired) electrons. The second-order valence-corrected chi connectivity index (χ2v) is 10.3. The summed E-state index contributed by atoms with van der Waals surface area (Å²) in [6.45, 7) is 10.2. The van der Waals surface area contributed by atoms with Crippen molar-refractivity contribution in [2.75, 3.05) is 24.2 Å². The Kier molecular flexibility index (Phi) is 7.08. The number of anilines is 1. The van der Waals surface area contributed by atoms with E-state index in [-0.39, 0.29) is 24.1 Å². The number of carbonyl (C=O) groups excluding carboxylic acids is 2. The lowest BCUT2D eigenvalue weighted by Crippen LogP contribution is -2.44. The van der Waals surface area contributed by atoms with E-state index >= 15 is 0 Å². The maximum absolute atomic E-state index is 13.2. The van der Waals surface area contributed by atoms with Gasteiger partial charge in [0.1, 0.15) is 6.54 Å². The number of benzene rings is 2. The second-order valence-electron chi connectivity index (χ2n) is 9.37. The number of nitrogens with zero attached hydrogens (tertiary/aromatic N) is 3. The van der Waals surface area contributed by atoms with Crippen LogP contribution in [0.25, 0.3) is 11.0 Å². The van der Waals surface area contributed by atoms with Crippen molar-refractivity contribution in [1.29, 1.82) is 0 Å². The smallest absolute Gasteiger partial charge is 0.242 e. The summed E-state index contributed by atoms with van der Waals surface area (Å²) in [7, 11) is 0. The molecule has 2 atom stereocenters. The van der Waals surface area contributed by atoms with Crippen molar-refractivity contribution in [3.05, 3.63) is 53.6 Å². The fourth-order valence-corrected chi connectivity index (χ4v) is 5.42. The number of hydrogen-bond donors (Lipinski definition) is 1. The largest absolute Gasteiger partial charge is 0.341 e. The highest BCUT2D eigenvalue weighted by Gasteiger charge is 2.26. The zero-order valence-corrected chi connectivity index (χ0v) is 20.6. The molecule has 7 heteroatoms. The van der Waals surface area contributed by atoms with Crippen LogP contribution < -0.4 is 5.32 Å². The Morgan fingerprint density at radius 3 is 2.58 bits per heavy atom. The average Bonchev–Trinajstić information content (AvgIpc) is 3.11. The van der Waals surface area contributed by atoms with Crippen molar-refractivity contribution in [3.8, 4) is 0 Å². The summed E-state index contributed by atoms with van der Waals surface area (Å²) in [5.74, 6) is 1.28. The van der Waals surface area contributed by atoms with Crippen molar-refractivity contribution in [3.63, 3.8) is 0 Å². The second kappa shape index (κ2) is 10.00. The number of amides is 2. The Morgan fingerprint density at radius 1 is 1.09 bits per heavy atom. The molecule has 174 valence electrons. The first-order valence-corrected chi connectivity index (χ1v) is 12.5. The van der Waals surface area contributed by atoms with Crippen molar-refractivity contribution in [2.45, 2.75) is 45.8 Å². The van der Waals surface area contributed by atoms with Crippen LogP contribution >= 0.6 is 11.8 Å². The Hall–Kier alpha value is -2.80. The minimum atomic E-state index is -0.0858. The molecule has 1 N–H and O–H groups in total. The third-order valence-corrected chi connectivity index (χ3v) is 7.11. The molecule has 1 aliphatic rings. The third kappa shape index (κ3) is 5.58. The number of carbonyl (C=O) groups is 2. The van der Waals surface area contributed by atoms with E-state index in [1.165, 1.54) is 11.8 Å². The summed E-state index contributed by atoms with van der Waals surface area (Å²) in [6.07, 6.45) is 1.16. The van der Waals surface area contributed by atoms with Gasteiger partial charge in [-0.1, -0.05) is 49.9 Å². The van der Waals surface area contributed by atoms with E-state index in [9.17, 15) is 9.59 Å². The van der Waals surface area contributed by atoms with Crippen LogP contribution in [0.5, 0.6) is 0 Å². The van der Waals surface area contributed by atoms with E-state index in [1.807, 2.05) is 65.8 Å². The predicted octanol–water partition coefficient (Wildman–Crippen LogP) is 4.89. The van der Waals surface area contributed by atoms with Crippen molar-refractivity contribution in [2.24, 2.45) is 11.8 Å². The van der Waals surface area contributed by atoms with Crippen LogP contribution in [-0.2, 0) is 16.1 Å². The Morgan fingerprint density at radius 2 is 1.82 bits per heavy atom. The zero-order chi connectivity index (χ0) is 23.5. The lowest BCUT2D eigenvalue weighted by Gasteiger charge is -2.35. The number of aryl methyl sites for hydroxylation is 2. The van der Waals surface area contributed by atoms with Gasteiger partial charge in [0, 0.05) is 18.8 Å². The summed E-state index contributed by atoms with van der Waals surface area (Å²) in [4.78, 5) is 32.6. The van der Waals surface area contributed by atoms with Crippen molar-refractivity contribution < 1.29 is 9.59 Å². The molecule has 0 bridgehead atoms. The van der Waals surface area contributed by atoms with E-state index in [4.69, 9.17) is 4.98 Å². The highest BCUT2D eigenvalue weighted by atomic mass is 32.2. The van der Waals surface area contributed by atoms with Crippen LogP contribution in [0.2, 0.25) is 0 Å². The molecule has 1 aliphatic heterocycles. The highest BCUT2D eigenvalue weighted by molar-refractivity contribution is 7.99. The van der Waals surface area contributed by atoms with E-state index < -0.39 is 0 Å². The van der Waals surface area contributed by atoms with E-state index in [0.717, 1.165) is 47.4 Å². The topological polar surface area (TPSA) is 67.2 Å². The first-order chi connectivity index (χ1) is 15.8. The molecule has 2 aromatic carbocycles. The van der Waals surface area contributed by atoms with Crippen LogP contribution in [0.3, 0.4) is 0 Å². The highest BCUT2D eigenvalue weighted by Crippen LogP contribution is 2.26. The molecule has 33 heavy (non-hydrogen) atoms. The van der Waals surface area contributed by atoms with Gasteiger partial charge in [-0.05, 0) is 61.4 Å². The molecule has 0 spiro atoms. The summed E-state index contributed by atoms with van der Waals surface area (Å²) >= 11 is 1.37.